The molecule has 0 unspecified atom stereocenters. The van der Waals surface area contributed by atoms with Crippen LogP contribution in [0.4, 0.5) is 32.0 Å². The van der Waals surface area contributed by atoms with Crippen LogP contribution in [0.3, 0.4) is 0 Å². The van der Waals surface area contributed by atoms with E-state index in [1.54, 1.807) is 6.92 Å². The molecule has 0 aliphatic carbocycles. The van der Waals surface area contributed by atoms with Gasteiger partial charge in [0.15, 0.2) is 29.8 Å². The molecule has 0 amide bonds. The molecule has 11 heteroatoms. The van der Waals surface area contributed by atoms with Crippen molar-refractivity contribution in [1.29, 1.82) is 0 Å². The fourth-order valence-corrected chi connectivity index (χ4v) is 2.91. The van der Waals surface area contributed by atoms with E-state index in [0.717, 1.165) is 12.1 Å². The van der Waals surface area contributed by atoms with Gasteiger partial charge in [-0.15, -0.1) is 0 Å². The lowest BCUT2D eigenvalue weighted by molar-refractivity contribution is -0.153. The number of nitrogens with zero attached hydrogens (tertiary/aromatic N) is 2. The fourth-order valence-electron chi connectivity index (χ4n) is 2.91. The van der Waals surface area contributed by atoms with E-state index in [2.05, 4.69) is 16.9 Å². The SMILES string of the molecule is C=C1NC(=Nc2cc(OCC(F)(F)F)ccc2C)N(Cc2cc(F)c(F)c(F)c2)C=C1OC.CC.CC. The van der Waals surface area contributed by atoms with Crippen LogP contribution in [0.15, 0.2) is 59.6 Å². The van der Waals surface area contributed by atoms with Crippen LogP contribution >= 0.6 is 0 Å². The number of ether oxygens (including phenoxy) is 2. The Balaban J connectivity index is 0.00000163. The number of halogens is 6. The van der Waals surface area contributed by atoms with E-state index in [1.807, 2.05) is 27.7 Å². The Kier molecular flexibility index (Phi) is 12.0. The van der Waals surface area contributed by atoms with Crippen molar-refractivity contribution in [2.45, 2.75) is 47.3 Å². The maximum absolute atomic E-state index is 13.7. The van der Waals surface area contributed by atoms with Crippen molar-refractivity contribution in [3.63, 3.8) is 0 Å². The summed E-state index contributed by atoms with van der Waals surface area (Å²) in [4.78, 5) is 5.86. The molecule has 0 atom stereocenters. The Bertz CT molecular complexity index is 1110. The summed E-state index contributed by atoms with van der Waals surface area (Å²) in [6.07, 6.45) is -3.03. The molecular formula is C26H31F6N3O2. The summed E-state index contributed by atoms with van der Waals surface area (Å²) < 4.78 is 88.1. The summed E-state index contributed by atoms with van der Waals surface area (Å²) in [5, 5.41) is 2.89. The average molecular weight is 532 g/mol. The minimum atomic E-state index is -4.50. The number of alkyl halides is 3. The predicted octanol–water partition coefficient (Wildman–Crippen LogP) is 7.50. The standard InChI is InChI=1S/C22H19F6N3O2.2C2H6/c1-12-4-5-15(33-11-22(26,27)28)8-18(12)30-21-29-13(2)19(32-3)10-31(21)9-14-6-16(23)20(25)17(24)7-14;2*1-2/h4-8,10H,2,9,11H2,1,3H3,(H,29,30);2*1-2H3. The number of hydrogen-bond acceptors (Lipinski definition) is 3. The van der Waals surface area contributed by atoms with Crippen molar-refractivity contribution < 1.29 is 35.8 Å². The lowest BCUT2D eigenvalue weighted by Gasteiger charge is -2.30. The molecule has 0 aromatic heterocycles. The van der Waals surface area contributed by atoms with Gasteiger partial charge in [-0.1, -0.05) is 40.3 Å². The van der Waals surface area contributed by atoms with E-state index in [4.69, 9.17) is 9.47 Å². The Hall–Kier alpha value is -3.63. The number of aryl methyl sites for hydroxylation is 1. The zero-order chi connectivity index (χ0) is 28.3. The van der Waals surface area contributed by atoms with Gasteiger partial charge < -0.3 is 19.7 Å². The quantitative estimate of drug-likeness (QED) is 0.310. The molecule has 1 N–H and O–H groups in total. The van der Waals surface area contributed by atoms with Gasteiger partial charge in [-0.25, -0.2) is 18.2 Å². The van der Waals surface area contributed by atoms with E-state index in [0.29, 0.717) is 17.0 Å². The summed E-state index contributed by atoms with van der Waals surface area (Å²) in [7, 11) is 1.39. The van der Waals surface area contributed by atoms with E-state index < -0.39 is 30.2 Å². The molecular weight excluding hydrogens is 500 g/mol. The summed E-state index contributed by atoms with van der Waals surface area (Å²) in [6.45, 7) is 11.9. The molecule has 37 heavy (non-hydrogen) atoms. The van der Waals surface area contributed by atoms with Crippen LogP contribution in [0.2, 0.25) is 0 Å². The molecule has 1 aliphatic heterocycles. The third kappa shape index (κ3) is 9.07. The third-order valence-corrected chi connectivity index (χ3v) is 4.53. The van der Waals surface area contributed by atoms with Gasteiger partial charge in [0.05, 0.1) is 31.2 Å². The second-order valence-corrected chi connectivity index (χ2v) is 7.09. The van der Waals surface area contributed by atoms with Crippen LogP contribution in [0, 0.1) is 24.4 Å². The van der Waals surface area contributed by atoms with Crippen molar-refractivity contribution in [3.05, 3.63) is 83.1 Å². The van der Waals surface area contributed by atoms with Crippen LogP contribution in [-0.2, 0) is 11.3 Å². The van der Waals surface area contributed by atoms with Gasteiger partial charge in [0.2, 0.25) is 5.96 Å². The van der Waals surface area contributed by atoms with Gasteiger partial charge in [0.25, 0.3) is 0 Å². The van der Waals surface area contributed by atoms with E-state index in [9.17, 15) is 26.3 Å². The molecule has 1 heterocycles. The fraction of sp³-hybridized carbons (Fsp3) is 0.346. The molecule has 1 aliphatic rings. The topological polar surface area (TPSA) is 46.1 Å². The highest BCUT2D eigenvalue weighted by Gasteiger charge is 2.28. The molecule has 0 fully saturated rings. The van der Waals surface area contributed by atoms with Crippen molar-refractivity contribution in [2.24, 2.45) is 4.99 Å². The molecule has 204 valence electrons. The predicted molar refractivity (Wildman–Crippen MR) is 132 cm³/mol. The Morgan fingerprint density at radius 2 is 1.59 bits per heavy atom. The Morgan fingerprint density at radius 3 is 2.14 bits per heavy atom. The molecule has 2 aromatic rings. The van der Waals surface area contributed by atoms with Crippen molar-refractivity contribution in [3.8, 4) is 5.75 Å². The second-order valence-electron chi connectivity index (χ2n) is 7.09. The highest BCUT2D eigenvalue weighted by atomic mass is 19.4. The summed E-state index contributed by atoms with van der Waals surface area (Å²) in [6, 6.07) is 5.92. The molecule has 0 radical (unpaired) electrons. The van der Waals surface area contributed by atoms with Crippen LogP contribution < -0.4 is 10.1 Å². The number of aliphatic imine (C=N–C) groups is 1. The monoisotopic (exact) mass is 531 g/mol. The lowest BCUT2D eigenvalue weighted by atomic mass is 10.2. The van der Waals surface area contributed by atoms with E-state index in [-0.39, 0.29) is 29.5 Å². The smallest absolute Gasteiger partial charge is 0.422 e. The minimum Gasteiger partial charge on any atom is -0.493 e. The molecule has 3 rings (SSSR count). The third-order valence-electron chi connectivity index (χ3n) is 4.53. The normalized spacial score (nSPS) is 14.1. The van der Waals surface area contributed by atoms with Crippen LogP contribution in [0.25, 0.3) is 0 Å². The van der Waals surface area contributed by atoms with Gasteiger partial charge in [-0.05, 0) is 36.2 Å². The van der Waals surface area contributed by atoms with Crippen LogP contribution in [0.5, 0.6) is 5.75 Å². The summed E-state index contributed by atoms with van der Waals surface area (Å²) in [5.74, 6) is -3.89. The first kappa shape index (κ1) is 31.4. The number of benzene rings is 2. The lowest BCUT2D eigenvalue weighted by Crippen LogP contribution is -2.41. The first-order chi connectivity index (χ1) is 17.5. The zero-order valence-corrected chi connectivity index (χ0v) is 21.6. The number of hydrogen-bond donors (Lipinski definition) is 1. The van der Waals surface area contributed by atoms with Gasteiger partial charge in [0.1, 0.15) is 5.75 Å². The highest BCUT2D eigenvalue weighted by molar-refractivity contribution is 5.87. The first-order valence-electron chi connectivity index (χ1n) is 11.5. The van der Waals surface area contributed by atoms with Crippen molar-refractivity contribution >= 4 is 11.6 Å². The first-order valence-corrected chi connectivity index (χ1v) is 11.5. The summed E-state index contributed by atoms with van der Waals surface area (Å²) >= 11 is 0. The number of nitrogens with one attached hydrogen (secondary N) is 1. The van der Waals surface area contributed by atoms with Gasteiger partial charge in [-0.2, -0.15) is 13.2 Å². The van der Waals surface area contributed by atoms with Crippen molar-refractivity contribution in [2.75, 3.05) is 13.7 Å². The molecule has 2 aromatic carbocycles. The van der Waals surface area contributed by atoms with Gasteiger partial charge >= 0.3 is 6.18 Å². The molecule has 0 bridgehead atoms. The number of guanidine groups is 1. The number of methoxy groups -OCH3 is 1. The minimum absolute atomic E-state index is 0.0470. The molecule has 5 nitrogen and oxygen atoms in total. The number of rotatable bonds is 6. The molecule has 0 saturated heterocycles. The molecule has 0 spiro atoms. The van der Waals surface area contributed by atoms with Crippen LogP contribution in [0.1, 0.15) is 38.8 Å². The average Bonchev–Trinajstić information content (AvgIpc) is 2.86. The van der Waals surface area contributed by atoms with Crippen molar-refractivity contribution in [1.82, 2.24) is 10.2 Å². The van der Waals surface area contributed by atoms with Crippen LogP contribution in [-0.4, -0.2) is 30.8 Å². The Labute approximate surface area is 213 Å². The highest BCUT2D eigenvalue weighted by Crippen LogP contribution is 2.28. The molecule has 0 saturated carbocycles. The maximum atomic E-state index is 13.7. The Morgan fingerprint density at radius 1 is 1.00 bits per heavy atom. The van der Waals surface area contributed by atoms with Gasteiger partial charge in [-0.3, -0.25) is 0 Å². The van der Waals surface area contributed by atoms with E-state index in [1.165, 1.54) is 36.4 Å². The van der Waals surface area contributed by atoms with E-state index >= 15 is 0 Å². The van der Waals surface area contributed by atoms with Gasteiger partial charge in [0, 0.05) is 6.07 Å². The largest absolute Gasteiger partial charge is 0.493 e. The second kappa shape index (κ2) is 14.2. The zero-order valence-electron chi connectivity index (χ0n) is 21.6. The summed E-state index contributed by atoms with van der Waals surface area (Å²) in [5.41, 5.74) is 1.32. The maximum Gasteiger partial charge on any atom is 0.422 e.